The van der Waals surface area contributed by atoms with Gasteiger partial charge in [-0.05, 0) is 25.3 Å². The van der Waals surface area contributed by atoms with Crippen molar-refractivity contribution in [1.82, 2.24) is 14.5 Å². The van der Waals surface area contributed by atoms with E-state index < -0.39 is 5.69 Å². The van der Waals surface area contributed by atoms with Crippen LogP contribution in [0.1, 0.15) is 19.3 Å². The number of nitrogens with two attached hydrogens (primary N) is 1. The fourth-order valence-electron chi connectivity index (χ4n) is 2.65. The van der Waals surface area contributed by atoms with Gasteiger partial charge in [0.1, 0.15) is 6.54 Å². The molecule has 7 heteroatoms. The van der Waals surface area contributed by atoms with E-state index in [0.717, 1.165) is 23.8 Å². The van der Waals surface area contributed by atoms with Gasteiger partial charge in [0.05, 0.1) is 0 Å². The van der Waals surface area contributed by atoms with Crippen molar-refractivity contribution < 1.29 is 4.79 Å². The van der Waals surface area contributed by atoms with Gasteiger partial charge in [-0.1, -0.05) is 6.42 Å². The standard InChI is InChI=1S/C13H20N4O3/c1-16-12(19)5-6-17(13(16)20)8-11(18)15-10-4-2-3-9(10)7-14/h5-6,9-10H,2-4,7-8,14H2,1H3,(H,15,18). The van der Waals surface area contributed by atoms with E-state index in [4.69, 9.17) is 5.73 Å². The van der Waals surface area contributed by atoms with Crippen LogP contribution in [0.3, 0.4) is 0 Å². The highest BCUT2D eigenvalue weighted by Crippen LogP contribution is 2.24. The fourth-order valence-corrected chi connectivity index (χ4v) is 2.65. The Hall–Kier alpha value is -1.89. The quantitative estimate of drug-likeness (QED) is 0.723. The summed E-state index contributed by atoms with van der Waals surface area (Å²) in [6.45, 7) is 0.478. The van der Waals surface area contributed by atoms with Crippen LogP contribution in [0.5, 0.6) is 0 Å². The Labute approximate surface area is 116 Å². The van der Waals surface area contributed by atoms with Crippen molar-refractivity contribution in [3.8, 4) is 0 Å². The van der Waals surface area contributed by atoms with Gasteiger partial charge in [0.25, 0.3) is 5.56 Å². The molecular formula is C13H20N4O3. The van der Waals surface area contributed by atoms with Crippen molar-refractivity contribution >= 4 is 5.91 Å². The molecule has 1 fully saturated rings. The molecule has 3 N–H and O–H groups in total. The van der Waals surface area contributed by atoms with Crippen molar-refractivity contribution in [2.75, 3.05) is 6.54 Å². The third-order valence-electron chi connectivity index (χ3n) is 3.88. The van der Waals surface area contributed by atoms with Crippen molar-refractivity contribution in [1.29, 1.82) is 0 Å². The van der Waals surface area contributed by atoms with E-state index in [2.05, 4.69) is 5.32 Å². The van der Waals surface area contributed by atoms with Crippen LogP contribution >= 0.6 is 0 Å². The second kappa shape index (κ2) is 6.04. The normalized spacial score (nSPS) is 21.9. The Morgan fingerprint density at radius 1 is 1.45 bits per heavy atom. The summed E-state index contributed by atoms with van der Waals surface area (Å²) in [6, 6.07) is 1.36. The zero-order valence-electron chi connectivity index (χ0n) is 11.5. The molecule has 1 aliphatic rings. The van der Waals surface area contributed by atoms with E-state index in [9.17, 15) is 14.4 Å². The molecule has 0 bridgehead atoms. The molecule has 1 saturated carbocycles. The molecule has 2 atom stereocenters. The molecule has 0 spiro atoms. The predicted molar refractivity (Wildman–Crippen MR) is 74.3 cm³/mol. The number of hydrogen-bond acceptors (Lipinski definition) is 4. The first-order valence-corrected chi connectivity index (χ1v) is 6.79. The summed E-state index contributed by atoms with van der Waals surface area (Å²) in [5.74, 6) is 0.0897. The smallest absolute Gasteiger partial charge is 0.331 e. The summed E-state index contributed by atoms with van der Waals surface area (Å²) in [7, 11) is 1.39. The maximum absolute atomic E-state index is 12.0. The van der Waals surface area contributed by atoms with Gasteiger partial charge in [-0.2, -0.15) is 0 Å². The Morgan fingerprint density at radius 3 is 2.90 bits per heavy atom. The lowest BCUT2D eigenvalue weighted by Crippen LogP contribution is -2.44. The molecule has 7 nitrogen and oxygen atoms in total. The van der Waals surface area contributed by atoms with Gasteiger partial charge in [-0.15, -0.1) is 0 Å². The van der Waals surface area contributed by atoms with Crippen molar-refractivity contribution in [3.05, 3.63) is 33.1 Å². The largest absolute Gasteiger partial charge is 0.351 e. The molecule has 1 amide bonds. The van der Waals surface area contributed by atoms with Crippen LogP contribution in [-0.4, -0.2) is 27.6 Å². The van der Waals surface area contributed by atoms with Gasteiger partial charge in [0, 0.05) is 25.4 Å². The number of aromatic nitrogens is 2. The molecule has 0 aliphatic heterocycles. The second-order valence-electron chi connectivity index (χ2n) is 5.22. The minimum Gasteiger partial charge on any atom is -0.351 e. The summed E-state index contributed by atoms with van der Waals surface area (Å²) < 4.78 is 2.20. The Bertz CT molecular complexity index is 604. The Kier molecular flexibility index (Phi) is 4.39. The molecule has 110 valence electrons. The molecule has 2 rings (SSSR count). The molecule has 1 aliphatic carbocycles. The van der Waals surface area contributed by atoms with Gasteiger partial charge < -0.3 is 11.1 Å². The van der Waals surface area contributed by atoms with Crippen molar-refractivity contribution in [2.24, 2.45) is 18.7 Å². The molecule has 1 aromatic heterocycles. The topological polar surface area (TPSA) is 99.1 Å². The fraction of sp³-hybridized carbons (Fsp3) is 0.615. The lowest BCUT2D eigenvalue weighted by atomic mass is 10.0. The molecule has 20 heavy (non-hydrogen) atoms. The van der Waals surface area contributed by atoms with Gasteiger partial charge in [-0.25, -0.2) is 4.79 Å². The third-order valence-corrected chi connectivity index (χ3v) is 3.88. The highest BCUT2D eigenvalue weighted by atomic mass is 16.2. The van der Waals surface area contributed by atoms with Crippen LogP contribution in [0.4, 0.5) is 0 Å². The Morgan fingerprint density at radius 2 is 2.20 bits per heavy atom. The van der Waals surface area contributed by atoms with Gasteiger partial charge in [-0.3, -0.25) is 18.7 Å². The van der Waals surface area contributed by atoms with Crippen LogP contribution in [0.15, 0.2) is 21.9 Å². The lowest BCUT2D eigenvalue weighted by molar-refractivity contribution is -0.122. The van der Waals surface area contributed by atoms with Crippen LogP contribution in [0.2, 0.25) is 0 Å². The van der Waals surface area contributed by atoms with E-state index in [1.807, 2.05) is 0 Å². The molecule has 0 aromatic carbocycles. The highest BCUT2D eigenvalue weighted by molar-refractivity contribution is 5.76. The van der Waals surface area contributed by atoms with Crippen LogP contribution in [-0.2, 0) is 18.4 Å². The molecule has 2 unspecified atom stereocenters. The molecule has 1 heterocycles. The van der Waals surface area contributed by atoms with E-state index in [1.54, 1.807) is 0 Å². The number of carbonyl (C=O) groups excluding carboxylic acids is 1. The molecule has 0 radical (unpaired) electrons. The average molecular weight is 280 g/mol. The SMILES string of the molecule is Cn1c(=O)ccn(CC(=O)NC2CCCC2CN)c1=O. The number of nitrogens with one attached hydrogen (secondary N) is 1. The maximum Gasteiger partial charge on any atom is 0.331 e. The van der Waals surface area contributed by atoms with E-state index in [0.29, 0.717) is 12.5 Å². The van der Waals surface area contributed by atoms with Crippen molar-refractivity contribution in [3.63, 3.8) is 0 Å². The van der Waals surface area contributed by atoms with Gasteiger partial charge in [0.15, 0.2) is 0 Å². The molecular weight excluding hydrogens is 260 g/mol. The monoisotopic (exact) mass is 280 g/mol. The minimum absolute atomic E-state index is 0.0826. The number of rotatable bonds is 4. The first-order valence-electron chi connectivity index (χ1n) is 6.79. The predicted octanol–water partition coefficient (Wildman–Crippen LogP) is -1.21. The molecule has 1 aromatic rings. The lowest BCUT2D eigenvalue weighted by Gasteiger charge is -2.19. The summed E-state index contributed by atoms with van der Waals surface area (Å²) in [5.41, 5.74) is 4.79. The summed E-state index contributed by atoms with van der Waals surface area (Å²) >= 11 is 0. The van der Waals surface area contributed by atoms with Crippen LogP contribution in [0, 0.1) is 5.92 Å². The zero-order chi connectivity index (χ0) is 14.7. The van der Waals surface area contributed by atoms with E-state index in [-0.39, 0.29) is 24.1 Å². The first-order chi connectivity index (χ1) is 9.52. The number of hydrogen-bond donors (Lipinski definition) is 2. The molecule has 0 saturated heterocycles. The third kappa shape index (κ3) is 2.98. The average Bonchev–Trinajstić information content (AvgIpc) is 2.86. The van der Waals surface area contributed by atoms with Gasteiger partial charge >= 0.3 is 5.69 Å². The maximum atomic E-state index is 12.0. The first kappa shape index (κ1) is 14.5. The second-order valence-corrected chi connectivity index (χ2v) is 5.22. The zero-order valence-corrected chi connectivity index (χ0v) is 11.5. The summed E-state index contributed by atoms with van der Waals surface area (Å²) in [4.78, 5) is 35.1. The number of nitrogens with zero attached hydrogens (tertiary/aromatic N) is 2. The highest BCUT2D eigenvalue weighted by Gasteiger charge is 2.27. The number of carbonyl (C=O) groups is 1. The van der Waals surface area contributed by atoms with Gasteiger partial charge in [0.2, 0.25) is 5.91 Å². The van der Waals surface area contributed by atoms with E-state index >= 15 is 0 Å². The minimum atomic E-state index is -0.491. The summed E-state index contributed by atoms with van der Waals surface area (Å²) in [5, 5.41) is 2.92. The van der Waals surface area contributed by atoms with E-state index in [1.165, 1.54) is 23.9 Å². The summed E-state index contributed by atoms with van der Waals surface area (Å²) in [6.07, 6.45) is 4.36. The number of amides is 1. The van der Waals surface area contributed by atoms with Crippen LogP contribution < -0.4 is 22.3 Å². The van der Waals surface area contributed by atoms with Crippen molar-refractivity contribution in [2.45, 2.75) is 31.8 Å². The van der Waals surface area contributed by atoms with Crippen LogP contribution in [0.25, 0.3) is 0 Å². The Balaban J connectivity index is 2.04.